The predicted molar refractivity (Wildman–Crippen MR) is 87.8 cm³/mol. The molecule has 2 aromatic carbocycles. The Labute approximate surface area is 133 Å². The first-order valence-corrected chi connectivity index (χ1v) is 7.09. The molecule has 2 amide bonds. The predicted octanol–water partition coefficient (Wildman–Crippen LogP) is 2.58. The fourth-order valence-electron chi connectivity index (χ4n) is 2.15. The second kappa shape index (κ2) is 5.91. The van der Waals surface area contributed by atoms with E-state index in [1.165, 1.54) is 0 Å². The van der Waals surface area contributed by atoms with Gasteiger partial charge in [0.15, 0.2) is 5.11 Å². The zero-order valence-electron chi connectivity index (χ0n) is 11.5. The molecule has 1 fully saturated rings. The molecule has 0 radical (unpaired) electrons. The van der Waals surface area contributed by atoms with Gasteiger partial charge in [-0.25, -0.2) is 4.90 Å². The van der Waals surface area contributed by atoms with E-state index in [0.717, 1.165) is 10.5 Å². The zero-order valence-corrected chi connectivity index (χ0v) is 12.3. The molecule has 5 heteroatoms. The third-order valence-electron chi connectivity index (χ3n) is 3.21. The first-order chi connectivity index (χ1) is 10.7. The highest BCUT2D eigenvalue weighted by atomic mass is 32.1. The summed E-state index contributed by atoms with van der Waals surface area (Å²) in [6.07, 6.45) is 1.67. The molecule has 108 valence electrons. The molecule has 2 aromatic rings. The van der Waals surface area contributed by atoms with Crippen molar-refractivity contribution in [3.63, 3.8) is 0 Å². The van der Waals surface area contributed by atoms with Gasteiger partial charge in [-0.15, -0.1) is 0 Å². The molecule has 1 heterocycles. The number of amides is 2. The molecule has 0 bridgehead atoms. The van der Waals surface area contributed by atoms with E-state index in [4.69, 9.17) is 12.2 Å². The molecule has 1 aliphatic heterocycles. The van der Waals surface area contributed by atoms with E-state index < -0.39 is 11.8 Å². The minimum Gasteiger partial charge on any atom is -0.327 e. The molecular weight excluding hydrogens is 296 g/mol. The number of rotatable bonds is 2. The van der Waals surface area contributed by atoms with Gasteiger partial charge in [0.25, 0.3) is 11.8 Å². The number of carbonyl (C=O) groups is 2. The molecule has 3 rings (SSSR count). The summed E-state index contributed by atoms with van der Waals surface area (Å²) in [5.74, 6) is -0.873. The Bertz CT molecular complexity index is 770. The lowest BCUT2D eigenvalue weighted by Crippen LogP contribution is -2.36. The summed E-state index contributed by atoms with van der Waals surface area (Å²) in [6, 6.07) is 18.0. The zero-order chi connectivity index (χ0) is 15.5. The number of hydrogen-bond acceptors (Lipinski definition) is 3. The largest absolute Gasteiger partial charge is 0.327 e. The minimum atomic E-state index is -0.442. The van der Waals surface area contributed by atoms with Crippen LogP contribution in [0, 0.1) is 0 Å². The average molecular weight is 308 g/mol. The average Bonchev–Trinajstić information content (AvgIpc) is 2.82. The SMILES string of the molecule is O=C1/C(=C/c2ccccc2)NC(=S)N1C(=O)c1ccccc1. The number of nitrogens with one attached hydrogen (secondary N) is 1. The highest BCUT2D eigenvalue weighted by Crippen LogP contribution is 2.17. The van der Waals surface area contributed by atoms with E-state index >= 15 is 0 Å². The van der Waals surface area contributed by atoms with Crippen molar-refractivity contribution in [1.82, 2.24) is 10.2 Å². The van der Waals surface area contributed by atoms with Gasteiger partial charge in [-0.1, -0.05) is 48.5 Å². The number of carbonyl (C=O) groups excluding carboxylic acids is 2. The maximum atomic E-state index is 12.4. The van der Waals surface area contributed by atoms with Crippen molar-refractivity contribution < 1.29 is 9.59 Å². The standard InChI is InChI=1S/C17H12N2O2S/c20-15(13-9-5-2-6-10-13)19-16(21)14(18-17(19)22)11-12-7-3-1-4-8-12/h1-11H,(H,18,22)/b14-11-. The Morgan fingerprint density at radius 3 is 2.23 bits per heavy atom. The van der Waals surface area contributed by atoms with Gasteiger partial charge < -0.3 is 5.32 Å². The quantitative estimate of drug-likeness (QED) is 0.526. The normalized spacial score (nSPS) is 16.0. The lowest BCUT2D eigenvalue weighted by atomic mass is 10.2. The van der Waals surface area contributed by atoms with Crippen LogP contribution in [0.1, 0.15) is 15.9 Å². The Kier molecular flexibility index (Phi) is 3.80. The van der Waals surface area contributed by atoms with Gasteiger partial charge in [-0.05, 0) is 36.0 Å². The molecular formula is C17H12N2O2S. The molecule has 0 atom stereocenters. The van der Waals surface area contributed by atoms with E-state index in [-0.39, 0.29) is 5.11 Å². The number of benzene rings is 2. The maximum Gasteiger partial charge on any atom is 0.283 e. The van der Waals surface area contributed by atoms with E-state index in [9.17, 15) is 9.59 Å². The summed E-state index contributed by atoms with van der Waals surface area (Å²) in [7, 11) is 0. The topological polar surface area (TPSA) is 49.4 Å². The van der Waals surface area contributed by atoms with Gasteiger partial charge in [0.2, 0.25) is 0 Å². The Hall–Kier alpha value is -2.79. The summed E-state index contributed by atoms with van der Waals surface area (Å²) in [6.45, 7) is 0. The summed E-state index contributed by atoms with van der Waals surface area (Å²) in [5, 5.41) is 2.90. The summed E-state index contributed by atoms with van der Waals surface area (Å²) < 4.78 is 0. The van der Waals surface area contributed by atoms with Crippen molar-refractivity contribution in [2.75, 3.05) is 0 Å². The van der Waals surface area contributed by atoms with Gasteiger partial charge >= 0.3 is 0 Å². The van der Waals surface area contributed by atoms with Gasteiger partial charge in [-0.2, -0.15) is 0 Å². The summed E-state index contributed by atoms with van der Waals surface area (Å²) >= 11 is 5.12. The molecule has 0 spiro atoms. The van der Waals surface area contributed by atoms with Crippen LogP contribution in [-0.4, -0.2) is 21.8 Å². The van der Waals surface area contributed by atoms with Crippen LogP contribution in [0.25, 0.3) is 6.08 Å². The minimum absolute atomic E-state index is 0.0982. The van der Waals surface area contributed by atoms with Crippen LogP contribution in [0.3, 0.4) is 0 Å². The van der Waals surface area contributed by atoms with Crippen molar-refractivity contribution in [3.05, 3.63) is 77.5 Å². The number of hydrogen-bond donors (Lipinski definition) is 1. The van der Waals surface area contributed by atoms with E-state index in [1.54, 1.807) is 36.4 Å². The van der Waals surface area contributed by atoms with E-state index in [2.05, 4.69) is 5.32 Å². The molecule has 0 saturated carbocycles. The molecule has 0 unspecified atom stereocenters. The van der Waals surface area contributed by atoms with Crippen LogP contribution in [0.4, 0.5) is 0 Å². The van der Waals surface area contributed by atoms with Crippen molar-refractivity contribution in [2.24, 2.45) is 0 Å². The lowest BCUT2D eigenvalue weighted by molar-refractivity contribution is -0.120. The van der Waals surface area contributed by atoms with Crippen LogP contribution in [-0.2, 0) is 4.79 Å². The maximum absolute atomic E-state index is 12.4. The van der Waals surface area contributed by atoms with Gasteiger partial charge in [-0.3, -0.25) is 9.59 Å². The van der Waals surface area contributed by atoms with E-state index in [0.29, 0.717) is 11.3 Å². The molecule has 0 aromatic heterocycles. The van der Waals surface area contributed by atoms with Crippen LogP contribution >= 0.6 is 12.2 Å². The van der Waals surface area contributed by atoms with Crippen molar-refractivity contribution in [2.45, 2.75) is 0 Å². The van der Waals surface area contributed by atoms with Crippen molar-refractivity contribution in [1.29, 1.82) is 0 Å². The number of nitrogens with zero attached hydrogens (tertiary/aromatic N) is 1. The molecule has 4 nitrogen and oxygen atoms in total. The molecule has 1 saturated heterocycles. The lowest BCUT2D eigenvalue weighted by Gasteiger charge is -2.11. The fraction of sp³-hybridized carbons (Fsp3) is 0. The fourth-order valence-corrected chi connectivity index (χ4v) is 2.42. The van der Waals surface area contributed by atoms with Gasteiger partial charge in [0, 0.05) is 5.56 Å². The number of thiocarbonyl (C=S) groups is 1. The van der Waals surface area contributed by atoms with Crippen LogP contribution < -0.4 is 5.32 Å². The number of imide groups is 1. The van der Waals surface area contributed by atoms with Gasteiger partial charge in [0.05, 0.1) is 0 Å². The molecule has 22 heavy (non-hydrogen) atoms. The smallest absolute Gasteiger partial charge is 0.283 e. The Morgan fingerprint density at radius 1 is 1.00 bits per heavy atom. The third kappa shape index (κ3) is 2.66. The van der Waals surface area contributed by atoms with Gasteiger partial charge in [0.1, 0.15) is 5.70 Å². The van der Waals surface area contributed by atoms with E-state index in [1.807, 2.05) is 30.3 Å². The first-order valence-electron chi connectivity index (χ1n) is 6.68. The van der Waals surface area contributed by atoms with Crippen LogP contribution in [0.2, 0.25) is 0 Å². The second-order valence-corrected chi connectivity index (χ2v) is 5.10. The highest BCUT2D eigenvalue weighted by molar-refractivity contribution is 7.80. The molecule has 1 N–H and O–H groups in total. The van der Waals surface area contributed by atoms with Crippen LogP contribution in [0.15, 0.2) is 66.4 Å². The summed E-state index contributed by atoms with van der Waals surface area (Å²) in [5.41, 5.74) is 1.57. The molecule has 0 aliphatic carbocycles. The van der Waals surface area contributed by atoms with Crippen molar-refractivity contribution in [3.8, 4) is 0 Å². The summed E-state index contributed by atoms with van der Waals surface area (Å²) in [4.78, 5) is 25.8. The third-order valence-corrected chi connectivity index (χ3v) is 3.50. The second-order valence-electron chi connectivity index (χ2n) is 4.71. The Balaban J connectivity index is 1.89. The van der Waals surface area contributed by atoms with Crippen molar-refractivity contribution >= 4 is 35.2 Å². The molecule has 1 aliphatic rings. The van der Waals surface area contributed by atoms with Crippen LogP contribution in [0.5, 0.6) is 0 Å². The Morgan fingerprint density at radius 2 is 1.59 bits per heavy atom. The monoisotopic (exact) mass is 308 g/mol. The first kappa shape index (κ1) is 14.2. The highest BCUT2D eigenvalue weighted by Gasteiger charge is 2.36.